The van der Waals surface area contributed by atoms with Gasteiger partial charge in [-0.1, -0.05) is 6.58 Å². The Morgan fingerprint density at radius 3 is 3.00 bits per heavy atom. The van der Waals surface area contributed by atoms with Crippen LogP contribution in [0.2, 0.25) is 0 Å². The van der Waals surface area contributed by atoms with Gasteiger partial charge in [-0.2, -0.15) is 5.10 Å². The van der Waals surface area contributed by atoms with Crippen molar-refractivity contribution in [3.05, 3.63) is 23.9 Å². The first kappa shape index (κ1) is 9.47. The van der Waals surface area contributed by atoms with Crippen LogP contribution in [0.1, 0.15) is 5.56 Å². The molecule has 1 aromatic rings. The molecule has 0 aliphatic carbocycles. The van der Waals surface area contributed by atoms with E-state index in [1.807, 2.05) is 0 Å². The third kappa shape index (κ3) is 2.16. The first-order valence-electron chi connectivity index (χ1n) is 3.75. The lowest BCUT2D eigenvalue weighted by atomic mass is 10.3. The standard InChI is InChI=1S/C8H11N3O2/c1-5-3-9-11-7(5)10-8(13)6(2)4-12/h3,12H,2,4H2,1H3,(H2,9,10,11,13). The van der Waals surface area contributed by atoms with Crippen LogP contribution >= 0.6 is 0 Å². The van der Waals surface area contributed by atoms with Gasteiger partial charge in [0.1, 0.15) is 5.82 Å². The summed E-state index contributed by atoms with van der Waals surface area (Å²) in [4.78, 5) is 11.2. The number of aliphatic hydroxyl groups is 1. The number of carbonyl (C=O) groups excluding carboxylic acids is 1. The maximum atomic E-state index is 11.2. The fourth-order valence-corrected chi connectivity index (χ4v) is 0.747. The highest BCUT2D eigenvalue weighted by Crippen LogP contribution is 2.09. The topological polar surface area (TPSA) is 78.0 Å². The molecule has 1 amide bonds. The van der Waals surface area contributed by atoms with Gasteiger partial charge in [-0.05, 0) is 6.92 Å². The minimum Gasteiger partial charge on any atom is -0.391 e. The van der Waals surface area contributed by atoms with Crippen LogP contribution in [0.25, 0.3) is 0 Å². The molecule has 0 aliphatic heterocycles. The number of amides is 1. The molecule has 0 unspecified atom stereocenters. The number of aryl methyl sites for hydroxylation is 1. The van der Waals surface area contributed by atoms with E-state index in [9.17, 15) is 4.79 Å². The number of nitrogens with one attached hydrogen (secondary N) is 2. The maximum Gasteiger partial charge on any atom is 0.254 e. The smallest absolute Gasteiger partial charge is 0.254 e. The molecule has 0 atom stereocenters. The van der Waals surface area contributed by atoms with Crippen LogP contribution in [0.15, 0.2) is 18.3 Å². The lowest BCUT2D eigenvalue weighted by molar-refractivity contribution is -0.113. The molecule has 0 spiro atoms. The maximum absolute atomic E-state index is 11.2. The van der Waals surface area contributed by atoms with Gasteiger partial charge in [0.15, 0.2) is 0 Å². The highest BCUT2D eigenvalue weighted by molar-refractivity contribution is 6.03. The van der Waals surface area contributed by atoms with Gasteiger partial charge in [0, 0.05) is 11.1 Å². The Hall–Kier alpha value is -1.62. The van der Waals surface area contributed by atoms with Crippen LogP contribution in [0.3, 0.4) is 0 Å². The molecular formula is C8H11N3O2. The number of rotatable bonds is 3. The number of hydrogen-bond donors (Lipinski definition) is 3. The fourth-order valence-electron chi connectivity index (χ4n) is 0.747. The predicted molar refractivity (Wildman–Crippen MR) is 48.2 cm³/mol. The van der Waals surface area contributed by atoms with E-state index in [2.05, 4.69) is 22.1 Å². The number of nitrogens with zero attached hydrogens (tertiary/aromatic N) is 1. The summed E-state index contributed by atoms with van der Waals surface area (Å²) in [6.07, 6.45) is 1.59. The second-order valence-corrected chi connectivity index (χ2v) is 2.64. The molecule has 1 rings (SSSR count). The van der Waals surface area contributed by atoms with E-state index in [0.29, 0.717) is 5.82 Å². The molecule has 0 radical (unpaired) electrons. The van der Waals surface area contributed by atoms with Crippen LogP contribution in [0, 0.1) is 6.92 Å². The van der Waals surface area contributed by atoms with E-state index < -0.39 is 5.91 Å². The van der Waals surface area contributed by atoms with Crippen LogP contribution in [0.5, 0.6) is 0 Å². The minimum absolute atomic E-state index is 0.119. The summed E-state index contributed by atoms with van der Waals surface area (Å²) in [5, 5.41) is 17.5. The lowest BCUT2D eigenvalue weighted by Gasteiger charge is -2.03. The average Bonchev–Trinajstić information content (AvgIpc) is 2.50. The second-order valence-electron chi connectivity index (χ2n) is 2.64. The van der Waals surface area contributed by atoms with Crippen molar-refractivity contribution < 1.29 is 9.90 Å². The van der Waals surface area contributed by atoms with Crippen molar-refractivity contribution in [1.82, 2.24) is 10.2 Å². The van der Waals surface area contributed by atoms with Crippen molar-refractivity contribution in [2.24, 2.45) is 0 Å². The SMILES string of the molecule is C=C(CO)C(=O)Nc1[nH]ncc1C. The highest BCUT2D eigenvalue weighted by atomic mass is 16.3. The molecule has 0 saturated heterocycles. The van der Waals surface area contributed by atoms with Gasteiger partial charge in [-0.3, -0.25) is 9.89 Å². The number of carbonyl (C=O) groups is 1. The zero-order chi connectivity index (χ0) is 9.84. The van der Waals surface area contributed by atoms with Gasteiger partial charge in [-0.15, -0.1) is 0 Å². The molecule has 3 N–H and O–H groups in total. The van der Waals surface area contributed by atoms with Crippen molar-refractivity contribution in [3.8, 4) is 0 Å². The Morgan fingerprint density at radius 2 is 2.54 bits per heavy atom. The third-order valence-electron chi connectivity index (χ3n) is 1.58. The van der Waals surface area contributed by atoms with Crippen molar-refractivity contribution in [2.75, 3.05) is 11.9 Å². The molecule has 70 valence electrons. The second kappa shape index (κ2) is 3.86. The third-order valence-corrected chi connectivity index (χ3v) is 1.58. The van der Waals surface area contributed by atoms with Crippen molar-refractivity contribution in [2.45, 2.75) is 6.92 Å². The molecule has 5 heteroatoms. The molecule has 0 aromatic carbocycles. The normalized spacial score (nSPS) is 9.69. The van der Waals surface area contributed by atoms with E-state index in [1.54, 1.807) is 13.1 Å². The van der Waals surface area contributed by atoms with Crippen LogP contribution in [0.4, 0.5) is 5.82 Å². The molecule has 1 heterocycles. The molecule has 13 heavy (non-hydrogen) atoms. The molecule has 0 saturated carbocycles. The highest BCUT2D eigenvalue weighted by Gasteiger charge is 2.08. The molecule has 0 bridgehead atoms. The Kier molecular flexibility index (Phi) is 2.81. The first-order chi connectivity index (χ1) is 6.15. The van der Waals surface area contributed by atoms with Gasteiger partial charge >= 0.3 is 0 Å². The summed E-state index contributed by atoms with van der Waals surface area (Å²) >= 11 is 0. The van der Waals surface area contributed by atoms with Crippen LogP contribution in [-0.2, 0) is 4.79 Å². The van der Waals surface area contributed by atoms with E-state index in [-0.39, 0.29) is 12.2 Å². The van der Waals surface area contributed by atoms with E-state index >= 15 is 0 Å². The number of H-pyrrole nitrogens is 1. The summed E-state index contributed by atoms with van der Waals surface area (Å²) in [6.45, 7) is 4.85. The van der Waals surface area contributed by atoms with E-state index in [4.69, 9.17) is 5.11 Å². The molecule has 1 aromatic heterocycles. The summed E-state index contributed by atoms with van der Waals surface area (Å²) in [5.74, 6) is 0.120. The zero-order valence-corrected chi connectivity index (χ0v) is 7.29. The van der Waals surface area contributed by atoms with Gasteiger partial charge in [0.05, 0.1) is 12.8 Å². The monoisotopic (exact) mass is 181 g/mol. The quantitative estimate of drug-likeness (QED) is 0.583. The van der Waals surface area contributed by atoms with Crippen molar-refractivity contribution >= 4 is 11.7 Å². The zero-order valence-electron chi connectivity index (χ0n) is 7.29. The Morgan fingerprint density at radius 1 is 1.85 bits per heavy atom. The van der Waals surface area contributed by atoms with Crippen LogP contribution < -0.4 is 5.32 Å². The Labute approximate surface area is 75.5 Å². The summed E-state index contributed by atoms with van der Waals surface area (Å²) in [6, 6.07) is 0. The van der Waals surface area contributed by atoms with E-state index in [0.717, 1.165) is 5.56 Å². The number of anilines is 1. The van der Waals surface area contributed by atoms with Gasteiger partial charge in [0.25, 0.3) is 5.91 Å². The van der Waals surface area contributed by atoms with Gasteiger partial charge in [-0.25, -0.2) is 0 Å². The number of aliphatic hydroxyl groups excluding tert-OH is 1. The number of aromatic nitrogens is 2. The van der Waals surface area contributed by atoms with Gasteiger partial charge in [0.2, 0.25) is 0 Å². The summed E-state index contributed by atoms with van der Waals surface area (Å²) < 4.78 is 0. The summed E-state index contributed by atoms with van der Waals surface area (Å²) in [5.41, 5.74) is 0.952. The van der Waals surface area contributed by atoms with Gasteiger partial charge < -0.3 is 10.4 Å². The molecular weight excluding hydrogens is 170 g/mol. The number of hydrogen-bond acceptors (Lipinski definition) is 3. The fraction of sp³-hybridized carbons (Fsp3) is 0.250. The Balaban J connectivity index is 2.65. The predicted octanol–water partition coefficient (Wildman–Crippen LogP) is 0.205. The van der Waals surface area contributed by atoms with Crippen molar-refractivity contribution in [3.63, 3.8) is 0 Å². The molecule has 0 aliphatic rings. The van der Waals surface area contributed by atoms with Crippen LogP contribution in [-0.4, -0.2) is 27.8 Å². The summed E-state index contributed by atoms with van der Waals surface area (Å²) in [7, 11) is 0. The average molecular weight is 181 g/mol. The molecule has 5 nitrogen and oxygen atoms in total. The van der Waals surface area contributed by atoms with E-state index in [1.165, 1.54) is 0 Å². The number of aromatic amines is 1. The first-order valence-corrected chi connectivity index (χ1v) is 3.75. The lowest BCUT2D eigenvalue weighted by Crippen LogP contribution is -2.16. The molecule has 0 fully saturated rings. The largest absolute Gasteiger partial charge is 0.391 e. The van der Waals surface area contributed by atoms with Crippen molar-refractivity contribution in [1.29, 1.82) is 0 Å². The minimum atomic E-state index is -0.408. The Bertz CT molecular complexity index is 330.